The molecule has 2 aromatic carbocycles. The summed E-state index contributed by atoms with van der Waals surface area (Å²) in [7, 11) is -1.87. The lowest BCUT2D eigenvalue weighted by molar-refractivity contribution is -0.116. The fourth-order valence-corrected chi connectivity index (χ4v) is 3.44. The summed E-state index contributed by atoms with van der Waals surface area (Å²) in [6.07, 6.45) is 1.58. The van der Waals surface area contributed by atoms with Crippen LogP contribution in [0.2, 0.25) is 0 Å². The van der Waals surface area contributed by atoms with Crippen molar-refractivity contribution in [3.63, 3.8) is 0 Å². The first-order valence-electron chi connectivity index (χ1n) is 8.47. The second-order valence-corrected chi connectivity index (χ2v) is 7.59. The fraction of sp³-hybridized carbons (Fsp3) is 0.316. The van der Waals surface area contributed by atoms with Crippen molar-refractivity contribution in [3.05, 3.63) is 54.1 Å². The third-order valence-corrected chi connectivity index (χ3v) is 5.27. The number of methoxy groups -OCH3 is 1. The van der Waals surface area contributed by atoms with E-state index in [0.717, 1.165) is 17.7 Å². The van der Waals surface area contributed by atoms with E-state index < -0.39 is 10.0 Å². The molecule has 0 radical (unpaired) electrons. The zero-order chi connectivity index (χ0) is 19.0. The number of nitrogens with one attached hydrogen (secondary N) is 2. The summed E-state index contributed by atoms with van der Waals surface area (Å²) in [4.78, 5) is 12.3. The number of ether oxygens (including phenoxy) is 1. The van der Waals surface area contributed by atoms with Gasteiger partial charge in [-0.25, -0.2) is 13.1 Å². The molecule has 0 aliphatic rings. The van der Waals surface area contributed by atoms with Crippen molar-refractivity contribution in [2.45, 2.75) is 31.1 Å². The third kappa shape index (κ3) is 5.86. The van der Waals surface area contributed by atoms with E-state index >= 15 is 0 Å². The largest absolute Gasteiger partial charge is 0.497 e. The molecule has 0 unspecified atom stereocenters. The molecule has 7 heteroatoms. The van der Waals surface area contributed by atoms with Gasteiger partial charge in [0.15, 0.2) is 0 Å². The molecule has 1 amide bonds. The van der Waals surface area contributed by atoms with Crippen molar-refractivity contribution in [3.8, 4) is 5.75 Å². The first kappa shape index (κ1) is 19.9. The van der Waals surface area contributed by atoms with Crippen LogP contribution in [0.1, 0.15) is 25.3 Å². The molecular formula is C19H24N2O4S. The molecule has 0 aliphatic heterocycles. The van der Waals surface area contributed by atoms with Crippen LogP contribution in [-0.2, 0) is 21.2 Å². The van der Waals surface area contributed by atoms with Crippen molar-refractivity contribution in [1.82, 2.24) is 4.72 Å². The van der Waals surface area contributed by atoms with Gasteiger partial charge in [-0.15, -0.1) is 0 Å². The van der Waals surface area contributed by atoms with E-state index in [1.807, 2.05) is 6.92 Å². The predicted octanol–water partition coefficient (Wildman–Crippen LogP) is 2.95. The van der Waals surface area contributed by atoms with Crippen LogP contribution in [-0.4, -0.2) is 28.0 Å². The number of hydrogen-bond acceptors (Lipinski definition) is 4. The van der Waals surface area contributed by atoms with Crippen molar-refractivity contribution >= 4 is 21.6 Å². The molecule has 6 nitrogen and oxygen atoms in total. The van der Waals surface area contributed by atoms with E-state index in [1.165, 1.54) is 0 Å². The topological polar surface area (TPSA) is 84.5 Å². The second kappa shape index (κ2) is 9.35. The van der Waals surface area contributed by atoms with E-state index in [4.69, 9.17) is 4.74 Å². The molecule has 0 aromatic heterocycles. The molecule has 26 heavy (non-hydrogen) atoms. The Hall–Kier alpha value is -2.38. The van der Waals surface area contributed by atoms with Crippen LogP contribution < -0.4 is 14.8 Å². The number of rotatable bonds is 9. The van der Waals surface area contributed by atoms with Crippen LogP contribution in [0.15, 0.2) is 53.4 Å². The zero-order valence-corrected chi connectivity index (χ0v) is 15.8. The second-order valence-electron chi connectivity index (χ2n) is 5.82. The maximum atomic E-state index is 12.0. The maximum absolute atomic E-state index is 12.0. The highest BCUT2D eigenvalue weighted by atomic mass is 32.2. The molecular weight excluding hydrogens is 352 g/mol. The average molecular weight is 376 g/mol. The number of sulfonamides is 1. The highest BCUT2D eigenvalue weighted by Gasteiger charge is 2.12. The van der Waals surface area contributed by atoms with Crippen molar-refractivity contribution in [2.75, 3.05) is 19.0 Å². The molecule has 140 valence electrons. The molecule has 2 N–H and O–H groups in total. The van der Waals surface area contributed by atoms with E-state index in [0.29, 0.717) is 25.1 Å². The number of amides is 1. The summed E-state index contributed by atoms with van der Waals surface area (Å²) in [5.41, 5.74) is 1.61. The number of carbonyl (C=O) groups excluding carboxylic acids is 1. The Morgan fingerprint density at radius 2 is 1.69 bits per heavy atom. The lowest BCUT2D eigenvalue weighted by atomic mass is 10.1. The monoisotopic (exact) mass is 376 g/mol. The van der Waals surface area contributed by atoms with Crippen LogP contribution in [0, 0.1) is 0 Å². The van der Waals surface area contributed by atoms with Gasteiger partial charge in [-0.3, -0.25) is 4.79 Å². The Labute approximate surface area is 154 Å². The van der Waals surface area contributed by atoms with Gasteiger partial charge in [0.2, 0.25) is 15.9 Å². The Balaban J connectivity index is 1.87. The Kier molecular flexibility index (Phi) is 7.17. The average Bonchev–Trinajstić information content (AvgIpc) is 2.66. The van der Waals surface area contributed by atoms with Gasteiger partial charge in [-0.1, -0.05) is 19.1 Å². The summed E-state index contributed by atoms with van der Waals surface area (Å²) in [5.74, 6) is 0.628. The molecule has 0 saturated heterocycles. The van der Waals surface area contributed by atoms with Gasteiger partial charge in [-0.2, -0.15) is 0 Å². The molecule has 0 saturated carbocycles. The summed E-state index contributed by atoms with van der Waals surface area (Å²) in [6, 6.07) is 13.7. The minimum atomic E-state index is -3.46. The van der Waals surface area contributed by atoms with Crippen molar-refractivity contribution in [1.29, 1.82) is 0 Å². The van der Waals surface area contributed by atoms with Gasteiger partial charge in [0.05, 0.1) is 12.0 Å². The van der Waals surface area contributed by atoms with Gasteiger partial charge in [0, 0.05) is 18.7 Å². The zero-order valence-electron chi connectivity index (χ0n) is 15.0. The summed E-state index contributed by atoms with van der Waals surface area (Å²) < 4.78 is 31.7. The molecule has 2 rings (SSSR count). The summed E-state index contributed by atoms with van der Waals surface area (Å²) >= 11 is 0. The van der Waals surface area contributed by atoms with Crippen LogP contribution >= 0.6 is 0 Å². The first-order chi connectivity index (χ1) is 12.4. The lowest BCUT2D eigenvalue weighted by Gasteiger charge is -2.08. The van der Waals surface area contributed by atoms with Crippen LogP contribution in [0.4, 0.5) is 5.69 Å². The molecule has 0 bridgehead atoms. The minimum Gasteiger partial charge on any atom is -0.497 e. The summed E-state index contributed by atoms with van der Waals surface area (Å²) in [6.45, 7) is 2.32. The number of aryl methyl sites for hydroxylation is 1. The van der Waals surface area contributed by atoms with E-state index in [2.05, 4.69) is 10.0 Å². The summed E-state index contributed by atoms with van der Waals surface area (Å²) in [5, 5.41) is 2.82. The van der Waals surface area contributed by atoms with Gasteiger partial charge >= 0.3 is 0 Å². The van der Waals surface area contributed by atoms with Crippen molar-refractivity contribution < 1.29 is 17.9 Å². The molecule has 0 atom stereocenters. The van der Waals surface area contributed by atoms with Gasteiger partial charge in [0.1, 0.15) is 5.75 Å². The highest BCUT2D eigenvalue weighted by molar-refractivity contribution is 7.89. The van der Waals surface area contributed by atoms with Crippen molar-refractivity contribution in [2.24, 2.45) is 0 Å². The molecule has 2 aromatic rings. The highest BCUT2D eigenvalue weighted by Crippen LogP contribution is 2.16. The van der Waals surface area contributed by atoms with Crippen LogP contribution in [0.25, 0.3) is 0 Å². The van der Waals surface area contributed by atoms with Gasteiger partial charge in [0.25, 0.3) is 0 Å². The van der Waals surface area contributed by atoms with E-state index in [-0.39, 0.29) is 10.8 Å². The number of hydrogen-bond donors (Lipinski definition) is 2. The van der Waals surface area contributed by atoms with Crippen LogP contribution in [0.5, 0.6) is 5.75 Å². The minimum absolute atomic E-state index is 0.100. The molecule has 0 spiro atoms. The molecule has 0 fully saturated rings. The Morgan fingerprint density at radius 3 is 2.27 bits per heavy atom. The maximum Gasteiger partial charge on any atom is 0.240 e. The number of carbonyl (C=O) groups is 1. The van der Waals surface area contributed by atoms with E-state index in [9.17, 15) is 13.2 Å². The molecule has 0 aliphatic carbocycles. The normalized spacial score (nSPS) is 11.2. The Morgan fingerprint density at radius 1 is 1.04 bits per heavy atom. The predicted molar refractivity (Wildman–Crippen MR) is 102 cm³/mol. The number of benzene rings is 2. The fourth-order valence-electron chi connectivity index (χ4n) is 2.31. The van der Waals surface area contributed by atoms with Gasteiger partial charge in [-0.05, 0) is 54.8 Å². The quantitative estimate of drug-likeness (QED) is 0.705. The lowest BCUT2D eigenvalue weighted by Crippen LogP contribution is -2.24. The smallest absolute Gasteiger partial charge is 0.240 e. The SMILES string of the molecule is CCCNS(=O)(=O)c1ccc(CCC(=O)Nc2ccc(OC)cc2)cc1. The standard InChI is InChI=1S/C19H24N2O4S/c1-3-14-20-26(23,24)18-11-4-15(5-12-18)6-13-19(22)21-16-7-9-17(25-2)10-8-16/h4-5,7-12,20H,3,6,13-14H2,1-2H3,(H,21,22). The first-order valence-corrected chi connectivity index (χ1v) is 9.95. The number of anilines is 1. The van der Waals surface area contributed by atoms with Crippen LogP contribution in [0.3, 0.4) is 0 Å². The van der Waals surface area contributed by atoms with E-state index in [1.54, 1.807) is 55.6 Å². The Bertz CT molecular complexity index is 816. The van der Waals surface area contributed by atoms with Gasteiger partial charge < -0.3 is 10.1 Å². The third-order valence-electron chi connectivity index (χ3n) is 3.79. The molecule has 0 heterocycles.